The number of carbonyl (C=O) groups is 1. The first-order chi connectivity index (χ1) is 10.2. The van der Waals surface area contributed by atoms with E-state index in [4.69, 9.17) is 9.16 Å². The quantitative estimate of drug-likeness (QED) is 0.519. The normalized spacial score (nSPS) is 15.4. The van der Waals surface area contributed by atoms with Gasteiger partial charge in [0, 0.05) is 6.42 Å². The maximum Gasteiger partial charge on any atom is 0.192 e. The number of hydrogen-bond acceptors (Lipinski definition) is 3. The highest BCUT2D eigenvalue weighted by atomic mass is 28.4. The van der Waals surface area contributed by atoms with Crippen molar-refractivity contribution in [1.29, 1.82) is 0 Å². The molecule has 0 amide bonds. The third-order valence-electron chi connectivity index (χ3n) is 4.46. The number of carbonyl (C=O) groups excluding carboxylic acids is 1. The van der Waals surface area contributed by atoms with Crippen LogP contribution in [0.15, 0.2) is 30.3 Å². The van der Waals surface area contributed by atoms with E-state index in [2.05, 4.69) is 33.9 Å². The first-order valence-corrected chi connectivity index (χ1v) is 10.8. The molecule has 0 unspecified atom stereocenters. The molecule has 1 aromatic carbocycles. The molecular formula is C18H30O3Si. The maximum absolute atomic E-state index is 11.0. The largest absolute Gasteiger partial charge is 0.411 e. The Morgan fingerprint density at radius 2 is 1.77 bits per heavy atom. The van der Waals surface area contributed by atoms with E-state index >= 15 is 0 Å². The van der Waals surface area contributed by atoms with E-state index in [9.17, 15) is 4.79 Å². The molecule has 3 nitrogen and oxygen atoms in total. The van der Waals surface area contributed by atoms with Crippen molar-refractivity contribution < 1.29 is 14.0 Å². The average molecular weight is 323 g/mol. The summed E-state index contributed by atoms with van der Waals surface area (Å²) < 4.78 is 12.3. The average Bonchev–Trinajstić information content (AvgIpc) is 2.44. The summed E-state index contributed by atoms with van der Waals surface area (Å²) in [7, 11) is -1.92. The van der Waals surface area contributed by atoms with Crippen LogP contribution in [0.3, 0.4) is 0 Å². The minimum Gasteiger partial charge on any atom is -0.411 e. The standard InChI is InChI=1S/C18H30O3Si/c1-15(20-14-16-10-8-7-9-11-16)17(12-13-19)21-22(5,6)18(2,3)4/h7-11,13,15,17H,12,14H2,1-6H3/t15-,17-/m0/s1. The Bertz CT molecular complexity index is 451. The summed E-state index contributed by atoms with van der Waals surface area (Å²) in [4.78, 5) is 11.0. The van der Waals surface area contributed by atoms with Crippen molar-refractivity contribution in [3.63, 3.8) is 0 Å². The van der Waals surface area contributed by atoms with Gasteiger partial charge in [-0.1, -0.05) is 51.1 Å². The molecule has 0 aliphatic carbocycles. The molecule has 0 spiro atoms. The molecule has 1 rings (SSSR count). The van der Waals surface area contributed by atoms with E-state index < -0.39 is 8.32 Å². The first-order valence-electron chi connectivity index (χ1n) is 7.94. The van der Waals surface area contributed by atoms with Gasteiger partial charge in [-0.05, 0) is 30.6 Å². The molecule has 0 N–H and O–H groups in total. The summed E-state index contributed by atoms with van der Waals surface area (Å²) in [6.07, 6.45) is 1.02. The van der Waals surface area contributed by atoms with Crippen LogP contribution in [0.2, 0.25) is 18.1 Å². The number of rotatable bonds is 8. The molecule has 0 bridgehead atoms. The van der Waals surface area contributed by atoms with E-state index in [0.717, 1.165) is 11.8 Å². The fraction of sp³-hybridized carbons (Fsp3) is 0.611. The van der Waals surface area contributed by atoms with Crippen molar-refractivity contribution in [3.8, 4) is 0 Å². The van der Waals surface area contributed by atoms with E-state index in [0.29, 0.717) is 13.0 Å². The molecule has 0 radical (unpaired) electrons. The smallest absolute Gasteiger partial charge is 0.192 e. The third kappa shape index (κ3) is 5.67. The lowest BCUT2D eigenvalue weighted by atomic mass is 10.2. The SMILES string of the molecule is C[C@H](OCc1ccccc1)[C@H](CC=O)O[Si](C)(C)C(C)(C)C. The van der Waals surface area contributed by atoms with Gasteiger partial charge < -0.3 is 14.0 Å². The lowest BCUT2D eigenvalue weighted by Gasteiger charge is -2.40. The first kappa shape index (κ1) is 19.1. The summed E-state index contributed by atoms with van der Waals surface area (Å²) in [6, 6.07) is 10.1. The van der Waals surface area contributed by atoms with Crippen molar-refractivity contribution >= 4 is 14.6 Å². The fourth-order valence-corrected chi connectivity index (χ4v) is 3.29. The van der Waals surface area contributed by atoms with Gasteiger partial charge in [0.2, 0.25) is 0 Å². The Kier molecular flexibility index (Phi) is 6.97. The van der Waals surface area contributed by atoms with Crippen LogP contribution in [0.4, 0.5) is 0 Å². The summed E-state index contributed by atoms with van der Waals surface area (Å²) >= 11 is 0. The zero-order valence-electron chi connectivity index (χ0n) is 14.8. The predicted octanol–water partition coefficient (Wildman–Crippen LogP) is 4.57. The van der Waals surface area contributed by atoms with Crippen molar-refractivity contribution in [3.05, 3.63) is 35.9 Å². The Balaban J connectivity index is 2.67. The van der Waals surface area contributed by atoms with Crippen LogP contribution in [0.1, 0.15) is 39.7 Å². The summed E-state index contributed by atoms with van der Waals surface area (Å²) in [5.41, 5.74) is 1.13. The second kappa shape index (κ2) is 8.04. The fourth-order valence-electron chi connectivity index (χ4n) is 1.89. The topological polar surface area (TPSA) is 35.5 Å². The highest BCUT2D eigenvalue weighted by molar-refractivity contribution is 6.74. The van der Waals surface area contributed by atoms with Crippen LogP contribution < -0.4 is 0 Å². The van der Waals surface area contributed by atoms with Gasteiger partial charge in [0.1, 0.15) is 6.29 Å². The van der Waals surface area contributed by atoms with E-state index in [1.54, 1.807) is 0 Å². The molecule has 2 atom stereocenters. The summed E-state index contributed by atoms with van der Waals surface area (Å²) in [6.45, 7) is 13.5. The van der Waals surface area contributed by atoms with Crippen molar-refractivity contribution in [2.45, 2.75) is 71.1 Å². The Morgan fingerprint density at radius 3 is 2.27 bits per heavy atom. The monoisotopic (exact) mass is 322 g/mol. The number of benzene rings is 1. The molecule has 4 heteroatoms. The van der Waals surface area contributed by atoms with Crippen LogP contribution in [0.25, 0.3) is 0 Å². The Morgan fingerprint density at radius 1 is 1.18 bits per heavy atom. The van der Waals surface area contributed by atoms with E-state index in [1.807, 2.05) is 37.3 Å². The lowest BCUT2D eigenvalue weighted by molar-refractivity contribution is -0.112. The van der Waals surface area contributed by atoms with Gasteiger partial charge in [0.15, 0.2) is 8.32 Å². The van der Waals surface area contributed by atoms with E-state index in [1.165, 1.54) is 0 Å². The molecule has 124 valence electrons. The second-order valence-corrected chi connectivity index (χ2v) is 12.1. The predicted molar refractivity (Wildman–Crippen MR) is 93.4 cm³/mol. The zero-order chi connectivity index (χ0) is 16.8. The lowest BCUT2D eigenvalue weighted by Crippen LogP contribution is -2.47. The molecule has 22 heavy (non-hydrogen) atoms. The number of aldehydes is 1. The van der Waals surface area contributed by atoms with Crippen molar-refractivity contribution in [1.82, 2.24) is 0 Å². The Hall–Kier alpha value is -0.973. The summed E-state index contributed by atoms with van der Waals surface area (Å²) in [5.74, 6) is 0. The second-order valence-electron chi connectivity index (χ2n) is 7.32. The van der Waals surface area contributed by atoms with Gasteiger partial charge >= 0.3 is 0 Å². The van der Waals surface area contributed by atoms with Gasteiger partial charge in [-0.3, -0.25) is 0 Å². The molecule has 0 aliphatic heterocycles. The van der Waals surface area contributed by atoms with Gasteiger partial charge in [-0.25, -0.2) is 0 Å². The van der Waals surface area contributed by atoms with Crippen molar-refractivity contribution in [2.24, 2.45) is 0 Å². The molecule has 0 saturated heterocycles. The van der Waals surface area contributed by atoms with Crippen LogP contribution in [-0.4, -0.2) is 26.8 Å². The van der Waals surface area contributed by atoms with Gasteiger partial charge in [-0.2, -0.15) is 0 Å². The zero-order valence-corrected chi connectivity index (χ0v) is 15.8. The molecule has 0 heterocycles. The van der Waals surface area contributed by atoms with Crippen molar-refractivity contribution in [2.75, 3.05) is 0 Å². The minimum atomic E-state index is -1.92. The molecule has 0 aliphatic rings. The number of hydrogen-bond donors (Lipinski definition) is 0. The number of ether oxygens (including phenoxy) is 1. The van der Waals surface area contributed by atoms with Crippen LogP contribution in [-0.2, 0) is 20.6 Å². The highest BCUT2D eigenvalue weighted by Crippen LogP contribution is 2.38. The molecule has 1 aromatic rings. The third-order valence-corrected chi connectivity index (χ3v) is 8.96. The molecule has 0 fully saturated rings. The Labute approximate surface area is 136 Å². The molecule has 0 aromatic heterocycles. The van der Waals surface area contributed by atoms with Crippen LogP contribution >= 0.6 is 0 Å². The maximum atomic E-state index is 11.0. The van der Waals surface area contributed by atoms with Crippen LogP contribution in [0.5, 0.6) is 0 Å². The molecule has 0 saturated carbocycles. The summed E-state index contributed by atoms with van der Waals surface area (Å²) in [5, 5.41) is 0.118. The molecular weight excluding hydrogens is 292 g/mol. The highest BCUT2D eigenvalue weighted by Gasteiger charge is 2.40. The minimum absolute atomic E-state index is 0.112. The van der Waals surface area contributed by atoms with E-state index in [-0.39, 0.29) is 17.2 Å². The van der Waals surface area contributed by atoms with Gasteiger partial charge in [-0.15, -0.1) is 0 Å². The van der Waals surface area contributed by atoms with Gasteiger partial charge in [0.25, 0.3) is 0 Å². The van der Waals surface area contributed by atoms with Gasteiger partial charge in [0.05, 0.1) is 18.8 Å². The van der Waals surface area contributed by atoms with Crippen LogP contribution in [0, 0.1) is 0 Å².